The number of ether oxygens (including phenoxy) is 1. The number of aliphatic hydroxyl groups is 1. The van der Waals surface area contributed by atoms with Crippen LogP contribution in [-0.2, 0) is 0 Å². The van der Waals surface area contributed by atoms with E-state index < -0.39 is 0 Å². The van der Waals surface area contributed by atoms with Crippen molar-refractivity contribution in [3.05, 3.63) is 23.8 Å². The Balaban J connectivity index is 2.56. The second-order valence-corrected chi connectivity index (χ2v) is 4.47. The van der Waals surface area contributed by atoms with Gasteiger partial charge in [0.15, 0.2) is 0 Å². The Labute approximate surface area is 113 Å². The van der Waals surface area contributed by atoms with E-state index in [9.17, 15) is 4.79 Å². The van der Waals surface area contributed by atoms with Gasteiger partial charge in [0.05, 0.1) is 12.7 Å². The summed E-state index contributed by atoms with van der Waals surface area (Å²) >= 11 is 0. The monoisotopic (exact) mass is 266 g/mol. The summed E-state index contributed by atoms with van der Waals surface area (Å²) in [5.41, 5.74) is 6.72. The minimum absolute atomic E-state index is 0.182. The largest absolute Gasteiger partial charge is 0.494 e. The van der Waals surface area contributed by atoms with Crippen molar-refractivity contribution in [2.45, 2.75) is 32.8 Å². The first-order valence-electron chi connectivity index (χ1n) is 6.52. The number of aliphatic hydroxyl groups excluding tert-OH is 1. The maximum atomic E-state index is 11.9. The Morgan fingerprint density at radius 1 is 1.47 bits per heavy atom. The first-order chi connectivity index (χ1) is 9.02. The molecule has 1 aromatic carbocycles. The van der Waals surface area contributed by atoms with E-state index in [4.69, 9.17) is 15.6 Å². The molecule has 0 heterocycles. The van der Waals surface area contributed by atoms with Gasteiger partial charge in [-0.2, -0.15) is 0 Å². The highest BCUT2D eigenvalue weighted by atomic mass is 16.5. The molecule has 0 fully saturated rings. The number of nitrogen functional groups attached to an aromatic ring is 1. The molecule has 0 aliphatic heterocycles. The van der Waals surface area contributed by atoms with Crippen molar-refractivity contribution in [1.82, 2.24) is 5.32 Å². The summed E-state index contributed by atoms with van der Waals surface area (Å²) < 4.78 is 5.34. The zero-order valence-corrected chi connectivity index (χ0v) is 11.5. The van der Waals surface area contributed by atoms with Crippen molar-refractivity contribution in [2.75, 3.05) is 18.9 Å². The van der Waals surface area contributed by atoms with Gasteiger partial charge in [0.1, 0.15) is 5.75 Å². The molecule has 0 saturated heterocycles. The van der Waals surface area contributed by atoms with Gasteiger partial charge in [-0.05, 0) is 38.8 Å². The van der Waals surface area contributed by atoms with Gasteiger partial charge in [-0.1, -0.05) is 0 Å². The first-order valence-corrected chi connectivity index (χ1v) is 6.52. The number of benzene rings is 1. The molecule has 1 rings (SSSR count). The molecule has 0 aliphatic rings. The van der Waals surface area contributed by atoms with Crippen LogP contribution in [0.5, 0.6) is 5.75 Å². The molecule has 0 bridgehead atoms. The topological polar surface area (TPSA) is 84.6 Å². The van der Waals surface area contributed by atoms with Crippen molar-refractivity contribution in [2.24, 2.45) is 0 Å². The molecule has 5 nitrogen and oxygen atoms in total. The maximum absolute atomic E-state index is 11.9. The number of anilines is 1. The van der Waals surface area contributed by atoms with Crippen LogP contribution in [0.4, 0.5) is 5.69 Å². The molecule has 0 radical (unpaired) electrons. The van der Waals surface area contributed by atoms with Crippen LogP contribution in [0.3, 0.4) is 0 Å². The smallest absolute Gasteiger partial charge is 0.251 e. The summed E-state index contributed by atoms with van der Waals surface area (Å²) in [6, 6.07) is 4.98. The minimum Gasteiger partial charge on any atom is -0.494 e. The number of hydrogen-bond donors (Lipinski definition) is 3. The van der Waals surface area contributed by atoms with Gasteiger partial charge in [-0.3, -0.25) is 4.79 Å². The van der Waals surface area contributed by atoms with E-state index in [0.717, 1.165) is 6.42 Å². The van der Waals surface area contributed by atoms with Crippen molar-refractivity contribution < 1.29 is 14.6 Å². The average molecular weight is 266 g/mol. The first kappa shape index (κ1) is 15.3. The second-order valence-electron chi connectivity index (χ2n) is 4.47. The van der Waals surface area contributed by atoms with Crippen molar-refractivity contribution in [1.29, 1.82) is 0 Å². The number of carbonyl (C=O) groups excluding carboxylic acids is 1. The highest BCUT2D eigenvalue weighted by Crippen LogP contribution is 2.18. The molecule has 4 N–H and O–H groups in total. The second kappa shape index (κ2) is 7.63. The van der Waals surface area contributed by atoms with Gasteiger partial charge in [0, 0.05) is 23.9 Å². The minimum atomic E-state index is -0.339. The Hall–Kier alpha value is -1.75. The highest BCUT2D eigenvalue weighted by Gasteiger charge is 2.08. The normalized spacial score (nSPS) is 11.9. The van der Waals surface area contributed by atoms with Crippen LogP contribution in [0.25, 0.3) is 0 Å². The van der Waals surface area contributed by atoms with E-state index in [0.29, 0.717) is 36.6 Å². The van der Waals surface area contributed by atoms with E-state index in [1.807, 2.05) is 6.92 Å². The molecule has 106 valence electrons. The fraction of sp³-hybridized carbons (Fsp3) is 0.500. The van der Waals surface area contributed by atoms with Crippen molar-refractivity contribution >= 4 is 11.6 Å². The zero-order chi connectivity index (χ0) is 14.3. The predicted octanol–water partition coefficient (Wildman–Crippen LogP) is 1.56. The number of nitrogens with one attached hydrogen (secondary N) is 1. The van der Waals surface area contributed by atoms with Crippen LogP contribution < -0.4 is 15.8 Å². The van der Waals surface area contributed by atoms with Crippen LogP contribution in [0.1, 0.15) is 37.0 Å². The molecule has 1 unspecified atom stereocenters. The van der Waals surface area contributed by atoms with E-state index in [1.165, 1.54) is 0 Å². The van der Waals surface area contributed by atoms with E-state index in [2.05, 4.69) is 5.32 Å². The molecule has 0 spiro atoms. The molecule has 0 saturated carbocycles. The highest BCUT2D eigenvalue weighted by molar-refractivity contribution is 5.95. The van der Waals surface area contributed by atoms with E-state index >= 15 is 0 Å². The van der Waals surface area contributed by atoms with Crippen LogP contribution in [0.2, 0.25) is 0 Å². The van der Waals surface area contributed by atoms with Gasteiger partial charge in [-0.15, -0.1) is 0 Å². The number of carbonyl (C=O) groups is 1. The molecule has 0 aliphatic carbocycles. The fourth-order valence-corrected chi connectivity index (χ4v) is 1.70. The van der Waals surface area contributed by atoms with Gasteiger partial charge in [0.2, 0.25) is 0 Å². The number of rotatable bonds is 7. The lowest BCUT2D eigenvalue weighted by atomic mass is 10.1. The van der Waals surface area contributed by atoms with Crippen LogP contribution in [0, 0.1) is 0 Å². The molecule has 1 amide bonds. The summed E-state index contributed by atoms with van der Waals surface area (Å²) in [6.07, 6.45) is 1.07. The van der Waals surface area contributed by atoms with Gasteiger partial charge < -0.3 is 20.9 Å². The standard InChI is InChI=1S/C14H22N2O3/c1-3-19-13-8-11(7-12(15)9-13)14(18)16-6-4-5-10(2)17/h7-10,17H,3-6,15H2,1-2H3,(H,16,18). The van der Waals surface area contributed by atoms with Crippen LogP contribution in [0.15, 0.2) is 18.2 Å². The fourth-order valence-electron chi connectivity index (χ4n) is 1.70. The van der Waals surface area contributed by atoms with Crippen molar-refractivity contribution in [3.8, 4) is 5.75 Å². The van der Waals surface area contributed by atoms with E-state index in [1.54, 1.807) is 25.1 Å². The lowest BCUT2D eigenvalue weighted by molar-refractivity contribution is 0.0949. The number of hydrogen-bond acceptors (Lipinski definition) is 4. The van der Waals surface area contributed by atoms with Gasteiger partial charge in [-0.25, -0.2) is 0 Å². The third kappa shape index (κ3) is 5.61. The quantitative estimate of drug-likeness (QED) is 0.516. The molecular weight excluding hydrogens is 244 g/mol. The molecule has 1 aromatic rings. The average Bonchev–Trinajstić information content (AvgIpc) is 2.34. The Morgan fingerprint density at radius 2 is 2.21 bits per heavy atom. The summed E-state index contributed by atoms with van der Waals surface area (Å²) in [5.74, 6) is 0.412. The summed E-state index contributed by atoms with van der Waals surface area (Å²) in [4.78, 5) is 11.9. The SMILES string of the molecule is CCOc1cc(N)cc(C(=O)NCCCC(C)O)c1. The summed E-state index contributed by atoms with van der Waals surface area (Å²) in [7, 11) is 0. The lowest BCUT2D eigenvalue weighted by Crippen LogP contribution is -2.25. The van der Waals surface area contributed by atoms with Gasteiger partial charge in [0.25, 0.3) is 5.91 Å². The Kier molecular flexibility index (Phi) is 6.15. The summed E-state index contributed by atoms with van der Waals surface area (Å²) in [6.45, 7) is 4.66. The van der Waals surface area contributed by atoms with Gasteiger partial charge >= 0.3 is 0 Å². The van der Waals surface area contributed by atoms with Crippen LogP contribution >= 0.6 is 0 Å². The number of amides is 1. The van der Waals surface area contributed by atoms with Crippen LogP contribution in [-0.4, -0.2) is 30.3 Å². The molecule has 1 atom stereocenters. The lowest BCUT2D eigenvalue weighted by Gasteiger charge is -2.09. The molecule has 0 aromatic heterocycles. The molecule has 19 heavy (non-hydrogen) atoms. The Bertz CT molecular complexity index is 419. The number of nitrogens with two attached hydrogens (primary N) is 1. The summed E-state index contributed by atoms with van der Waals surface area (Å²) in [5, 5.41) is 11.9. The molecular formula is C14H22N2O3. The third-order valence-electron chi connectivity index (χ3n) is 2.59. The molecule has 5 heteroatoms. The Morgan fingerprint density at radius 3 is 2.84 bits per heavy atom. The van der Waals surface area contributed by atoms with E-state index in [-0.39, 0.29) is 12.0 Å². The maximum Gasteiger partial charge on any atom is 0.251 e. The zero-order valence-electron chi connectivity index (χ0n) is 11.5. The third-order valence-corrected chi connectivity index (χ3v) is 2.59. The predicted molar refractivity (Wildman–Crippen MR) is 75.3 cm³/mol. The van der Waals surface area contributed by atoms with Crippen molar-refractivity contribution in [3.63, 3.8) is 0 Å².